The maximum Gasteiger partial charge on any atom is 0.243 e. The SMILES string of the molecule is CCc1cc(C)no1.O=CN1CCCC1C(=O)NCc1ccc(Cl)cc1F. The first kappa shape index (κ1) is 20.9. The van der Waals surface area contributed by atoms with E-state index in [1.165, 1.54) is 17.0 Å². The fourth-order valence-electron chi connectivity index (χ4n) is 2.74. The Kier molecular flexibility index (Phi) is 7.79. The van der Waals surface area contributed by atoms with Crippen molar-refractivity contribution in [2.24, 2.45) is 0 Å². The van der Waals surface area contributed by atoms with Crippen molar-refractivity contribution in [2.75, 3.05) is 6.54 Å². The highest BCUT2D eigenvalue weighted by Gasteiger charge is 2.29. The molecule has 1 unspecified atom stereocenters. The Balaban J connectivity index is 0.000000273. The van der Waals surface area contributed by atoms with Crippen LogP contribution in [0.5, 0.6) is 0 Å². The van der Waals surface area contributed by atoms with Gasteiger partial charge < -0.3 is 14.7 Å². The number of aryl methyl sites for hydroxylation is 2. The van der Waals surface area contributed by atoms with E-state index in [0.717, 1.165) is 24.3 Å². The predicted molar refractivity (Wildman–Crippen MR) is 99.7 cm³/mol. The molecule has 0 bridgehead atoms. The van der Waals surface area contributed by atoms with Crippen molar-refractivity contribution >= 4 is 23.9 Å². The fourth-order valence-corrected chi connectivity index (χ4v) is 2.90. The molecule has 1 aliphatic rings. The van der Waals surface area contributed by atoms with Gasteiger partial charge in [0.2, 0.25) is 12.3 Å². The first-order valence-corrected chi connectivity index (χ1v) is 9.17. The fraction of sp³-hybridized carbons (Fsp3) is 0.421. The van der Waals surface area contributed by atoms with Crippen molar-refractivity contribution in [3.8, 4) is 0 Å². The van der Waals surface area contributed by atoms with Crippen LogP contribution in [-0.2, 0) is 22.6 Å². The molecule has 6 nitrogen and oxygen atoms in total. The summed E-state index contributed by atoms with van der Waals surface area (Å²) in [5.41, 5.74) is 1.33. The molecule has 1 N–H and O–H groups in total. The number of benzene rings is 1. The van der Waals surface area contributed by atoms with Gasteiger partial charge in [0, 0.05) is 36.2 Å². The number of carbonyl (C=O) groups excluding carboxylic acids is 2. The normalized spacial score (nSPS) is 15.9. The molecule has 0 radical (unpaired) electrons. The van der Waals surface area contributed by atoms with Crippen LogP contribution >= 0.6 is 11.6 Å². The summed E-state index contributed by atoms with van der Waals surface area (Å²) in [5, 5.41) is 6.67. The van der Waals surface area contributed by atoms with E-state index in [1.54, 1.807) is 6.07 Å². The number of amides is 2. The molecular weight excluding hydrogens is 373 g/mol. The summed E-state index contributed by atoms with van der Waals surface area (Å²) in [4.78, 5) is 24.1. The number of halogens is 2. The van der Waals surface area contributed by atoms with Gasteiger partial charge in [-0.3, -0.25) is 9.59 Å². The van der Waals surface area contributed by atoms with Crippen LogP contribution in [0.3, 0.4) is 0 Å². The Hall–Kier alpha value is -2.41. The molecule has 2 aromatic rings. The topological polar surface area (TPSA) is 75.4 Å². The standard InChI is InChI=1S/C13H14ClFN2O2.C6H9NO/c14-10-4-3-9(11(15)6-10)7-16-13(19)12-2-1-5-17(12)8-18;1-3-6-4-5(2)7-8-6/h3-4,6,8,12H,1-2,5,7H2,(H,16,19);4H,3H2,1-2H3. The van der Waals surface area contributed by atoms with Gasteiger partial charge in [0.15, 0.2) is 0 Å². The lowest BCUT2D eigenvalue weighted by molar-refractivity contribution is -0.131. The van der Waals surface area contributed by atoms with E-state index < -0.39 is 11.9 Å². The molecule has 1 saturated heterocycles. The Labute approximate surface area is 162 Å². The number of rotatable bonds is 5. The van der Waals surface area contributed by atoms with E-state index in [0.29, 0.717) is 30.0 Å². The molecule has 2 amide bonds. The van der Waals surface area contributed by atoms with Crippen molar-refractivity contribution in [3.63, 3.8) is 0 Å². The Morgan fingerprint density at radius 2 is 2.26 bits per heavy atom. The minimum Gasteiger partial charge on any atom is -0.361 e. The highest BCUT2D eigenvalue weighted by molar-refractivity contribution is 6.30. The van der Waals surface area contributed by atoms with Crippen molar-refractivity contribution in [1.82, 2.24) is 15.4 Å². The Morgan fingerprint density at radius 3 is 2.81 bits per heavy atom. The second-order valence-electron chi connectivity index (χ2n) is 6.24. The maximum atomic E-state index is 13.5. The van der Waals surface area contributed by atoms with E-state index >= 15 is 0 Å². The van der Waals surface area contributed by atoms with Crippen LogP contribution in [0.1, 0.15) is 36.8 Å². The maximum absolute atomic E-state index is 13.5. The molecule has 0 spiro atoms. The van der Waals surface area contributed by atoms with E-state index in [9.17, 15) is 14.0 Å². The molecule has 1 atom stereocenters. The predicted octanol–water partition coefficient (Wildman–Crippen LogP) is 3.26. The van der Waals surface area contributed by atoms with Gasteiger partial charge in [-0.05, 0) is 31.9 Å². The van der Waals surface area contributed by atoms with Crippen molar-refractivity contribution < 1.29 is 18.5 Å². The van der Waals surface area contributed by atoms with Crippen LogP contribution in [0.15, 0.2) is 28.8 Å². The second kappa shape index (κ2) is 10.1. The van der Waals surface area contributed by atoms with Crippen LogP contribution in [0.2, 0.25) is 5.02 Å². The van der Waals surface area contributed by atoms with Gasteiger partial charge in [-0.15, -0.1) is 0 Å². The summed E-state index contributed by atoms with van der Waals surface area (Å²) < 4.78 is 18.4. The molecule has 8 heteroatoms. The molecule has 1 aromatic heterocycles. The van der Waals surface area contributed by atoms with Gasteiger partial charge in [-0.2, -0.15) is 0 Å². The summed E-state index contributed by atoms with van der Waals surface area (Å²) in [6.07, 6.45) is 3.07. The summed E-state index contributed by atoms with van der Waals surface area (Å²) >= 11 is 5.65. The lowest BCUT2D eigenvalue weighted by Crippen LogP contribution is -2.42. The van der Waals surface area contributed by atoms with Crippen LogP contribution < -0.4 is 5.32 Å². The third kappa shape index (κ3) is 6.06. The number of nitrogens with zero attached hydrogens (tertiary/aromatic N) is 2. The third-order valence-corrected chi connectivity index (χ3v) is 4.46. The zero-order valence-corrected chi connectivity index (χ0v) is 16.1. The molecule has 146 valence electrons. The molecule has 2 heterocycles. The summed E-state index contributed by atoms with van der Waals surface area (Å²) in [6.45, 7) is 4.64. The lowest BCUT2D eigenvalue weighted by Gasteiger charge is -2.19. The van der Waals surface area contributed by atoms with E-state index in [1.807, 2.05) is 19.9 Å². The van der Waals surface area contributed by atoms with E-state index in [-0.39, 0.29) is 12.5 Å². The van der Waals surface area contributed by atoms with Crippen LogP contribution in [-0.4, -0.2) is 35.0 Å². The highest BCUT2D eigenvalue weighted by atomic mass is 35.5. The quantitative estimate of drug-likeness (QED) is 0.788. The molecule has 1 aromatic carbocycles. The van der Waals surface area contributed by atoms with Gasteiger partial charge in [-0.25, -0.2) is 4.39 Å². The smallest absolute Gasteiger partial charge is 0.243 e. The number of hydrogen-bond acceptors (Lipinski definition) is 4. The van der Waals surface area contributed by atoms with Crippen molar-refractivity contribution in [1.29, 1.82) is 0 Å². The number of likely N-dealkylation sites (tertiary alicyclic amines) is 1. The van der Waals surface area contributed by atoms with Gasteiger partial charge in [-0.1, -0.05) is 29.7 Å². The third-order valence-electron chi connectivity index (χ3n) is 4.23. The Bertz CT molecular complexity index is 781. The number of aromatic nitrogens is 1. The average Bonchev–Trinajstić information content (AvgIpc) is 3.29. The zero-order valence-electron chi connectivity index (χ0n) is 15.4. The van der Waals surface area contributed by atoms with Gasteiger partial charge in [0.05, 0.1) is 5.69 Å². The van der Waals surface area contributed by atoms with E-state index in [4.69, 9.17) is 16.1 Å². The minimum atomic E-state index is -0.452. The number of carbonyl (C=O) groups is 2. The second-order valence-corrected chi connectivity index (χ2v) is 6.68. The molecule has 1 aliphatic heterocycles. The first-order chi connectivity index (χ1) is 12.9. The lowest BCUT2D eigenvalue weighted by atomic mass is 10.2. The molecular formula is C19H23ClFN3O3. The molecule has 0 aliphatic carbocycles. The van der Waals surface area contributed by atoms with Crippen LogP contribution in [0, 0.1) is 12.7 Å². The van der Waals surface area contributed by atoms with Gasteiger partial charge in [0.1, 0.15) is 17.6 Å². The monoisotopic (exact) mass is 395 g/mol. The van der Waals surface area contributed by atoms with Crippen LogP contribution in [0.4, 0.5) is 4.39 Å². The first-order valence-electron chi connectivity index (χ1n) is 8.79. The molecule has 0 saturated carbocycles. The molecule has 27 heavy (non-hydrogen) atoms. The Morgan fingerprint density at radius 1 is 1.48 bits per heavy atom. The average molecular weight is 396 g/mol. The largest absolute Gasteiger partial charge is 0.361 e. The minimum absolute atomic E-state index is 0.0883. The summed E-state index contributed by atoms with van der Waals surface area (Å²) in [7, 11) is 0. The van der Waals surface area contributed by atoms with Crippen LogP contribution in [0.25, 0.3) is 0 Å². The van der Waals surface area contributed by atoms with Gasteiger partial charge in [0.25, 0.3) is 0 Å². The van der Waals surface area contributed by atoms with Crippen molar-refractivity contribution in [2.45, 2.75) is 45.7 Å². The van der Waals surface area contributed by atoms with Gasteiger partial charge >= 0.3 is 0 Å². The van der Waals surface area contributed by atoms with Crippen molar-refractivity contribution in [3.05, 3.63) is 52.1 Å². The highest BCUT2D eigenvalue weighted by Crippen LogP contribution is 2.17. The summed E-state index contributed by atoms with van der Waals surface area (Å²) in [5.74, 6) is 0.257. The van der Waals surface area contributed by atoms with E-state index in [2.05, 4.69) is 10.5 Å². The zero-order chi connectivity index (χ0) is 19.8. The number of hydrogen-bond donors (Lipinski definition) is 1. The molecule has 3 rings (SSSR count). The number of nitrogens with one attached hydrogen (secondary N) is 1. The molecule has 1 fully saturated rings. The summed E-state index contributed by atoms with van der Waals surface area (Å²) in [6, 6.07) is 5.81.